The molecule has 328 valence electrons. The number of carboxylic acids is 2. The summed E-state index contributed by atoms with van der Waals surface area (Å²) in [6, 6.07) is 7.30. The van der Waals surface area contributed by atoms with Crippen LogP contribution >= 0.6 is 0 Å². The predicted molar refractivity (Wildman–Crippen MR) is 207 cm³/mol. The summed E-state index contributed by atoms with van der Waals surface area (Å²) in [6.07, 6.45) is 0. The Hall–Kier alpha value is -8.10. The SMILES string of the molecule is COc1cc(NC(=O)c2ccc3c(c2)C2(OC3=O)c3cc(F)c(OC(C)=O)cc3Oc3cc(OC(C)=O)c(F)cc32)ccc1N(C(COC(C)=O)C(=O)O)C(COC(C)=O)C(=O)O. The highest BCUT2D eigenvalue weighted by Crippen LogP contribution is 2.58. The van der Waals surface area contributed by atoms with Crippen LogP contribution in [0.3, 0.4) is 0 Å². The number of nitrogens with zero attached hydrogens (tertiary/aromatic N) is 1. The summed E-state index contributed by atoms with van der Waals surface area (Å²) in [5.74, 6) is -12.6. The number of methoxy groups -OCH3 is 1. The number of carboxylic acid groups (broad SMARTS) is 2. The van der Waals surface area contributed by atoms with E-state index in [1.54, 1.807) is 0 Å². The second-order valence-corrected chi connectivity index (χ2v) is 13.7. The van der Waals surface area contributed by atoms with Crippen molar-refractivity contribution in [1.82, 2.24) is 0 Å². The van der Waals surface area contributed by atoms with Gasteiger partial charge in [0.1, 0.15) is 30.5 Å². The zero-order valence-corrected chi connectivity index (χ0v) is 33.6. The van der Waals surface area contributed by atoms with Crippen molar-refractivity contribution >= 4 is 59.1 Å². The monoisotopic (exact) mass is 876 g/mol. The lowest BCUT2D eigenvalue weighted by Crippen LogP contribution is -2.55. The number of ether oxygens (including phenoxy) is 7. The molecule has 1 amide bonds. The highest BCUT2D eigenvalue weighted by atomic mass is 19.1. The topological polar surface area (TPSA) is 257 Å². The van der Waals surface area contributed by atoms with Crippen molar-refractivity contribution in [3.8, 4) is 28.7 Å². The molecule has 2 atom stereocenters. The first-order valence-corrected chi connectivity index (χ1v) is 18.4. The van der Waals surface area contributed by atoms with Gasteiger partial charge in [0.25, 0.3) is 5.91 Å². The van der Waals surface area contributed by atoms with Crippen LogP contribution in [0.4, 0.5) is 20.2 Å². The van der Waals surface area contributed by atoms with Gasteiger partial charge in [-0.25, -0.2) is 23.2 Å². The van der Waals surface area contributed by atoms with Crippen molar-refractivity contribution < 1.29 is 90.5 Å². The summed E-state index contributed by atoms with van der Waals surface area (Å²) in [7, 11) is 1.16. The first-order valence-electron chi connectivity index (χ1n) is 18.4. The van der Waals surface area contributed by atoms with E-state index in [4.69, 9.17) is 33.2 Å². The van der Waals surface area contributed by atoms with Crippen molar-refractivity contribution in [1.29, 1.82) is 0 Å². The Balaban J connectivity index is 1.44. The Morgan fingerprint density at radius 2 is 1.22 bits per heavy atom. The molecular weight excluding hydrogens is 842 g/mol. The lowest BCUT2D eigenvalue weighted by atomic mass is 9.77. The molecule has 0 bridgehead atoms. The van der Waals surface area contributed by atoms with E-state index in [0.717, 1.165) is 64.0 Å². The van der Waals surface area contributed by atoms with Crippen molar-refractivity contribution in [3.05, 3.63) is 100 Å². The summed E-state index contributed by atoms with van der Waals surface area (Å²) >= 11 is 0. The predicted octanol–water partition coefficient (Wildman–Crippen LogP) is 4.48. The van der Waals surface area contributed by atoms with Crippen molar-refractivity contribution in [2.45, 2.75) is 45.4 Å². The van der Waals surface area contributed by atoms with Crippen molar-refractivity contribution in [2.75, 3.05) is 30.5 Å². The van der Waals surface area contributed by atoms with Crippen LogP contribution in [0.5, 0.6) is 28.7 Å². The van der Waals surface area contributed by atoms with Gasteiger partial charge in [-0.2, -0.15) is 0 Å². The standard InChI is InChI=1S/C42H34F2N2O17/c1-18(47)58-16-31(39(52)53)46(32(40(54)55)17-59-19(2)48)30-9-7-23(11-37(30)57-5)45-38(51)22-6-8-24-25(10-22)42(63-41(24)56)26-12-28(43)35(60-20(3)49)14-33(26)62-34-15-36(61-21(4)50)29(44)13-27(34)42/h6-15,31-32H,16-17H2,1-5H3,(H,45,51)(H,52,53)(H,54,55). The Labute approximate surface area is 353 Å². The summed E-state index contributed by atoms with van der Waals surface area (Å²) in [6.45, 7) is 2.38. The van der Waals surface area contributed by atoms with Crippen LogP contribution in [0.2, 0.25) is 0 Å². The molecule has 3 N–H and O–H groups in total. The molecule has 21 heteroatoms. The van der Waals surface area contributed by atoms with Gasteiger partial charge in [-0.3, -0.25) is 24.0 Å². The van der Waals surface area contributed by atoms with Crippen molar-refractivity contribution in [3.63, 3.8) is 0 Å². The third-order valence-electron chi connectivity index (χ3n) is 9.53. The number of amides is 1. The Bertz CT molecular complexity index is 2520. The number of hydrogen-bond donors (Lipinski definition) is 3. The minimum atomic E-state index is -2.22. The highest BCUT2D eigenvalue weighted by molar-refractivity contribution is 6.06. The summed E-state index contributed by atoms with van der Waals surface area (Å²) in [5, 5.41) is 22.9. The van der Waals surface area contributed by atoms with Crippen LogP contribution in [-0.2, 0) is 48.6 Å². The lowest BCUT2D eigenvalue weighted by molar-refractivity contribution is -0.148. The molecule has 0 saturated heterocycles. The van der Waals surface area contributed by atoms with Crippen molar-refractivity contribution in [2.24, 2.45) is 0 Å². The molecule has 6 rings (SSSR count). The average Bonchev–Trinajstić information content (AvgIpc) is 3.49. The fourth-order valence-corrected chi connectivity index (χ4v) is 6.98. The first-order chi connectivity index (χ1) is 29.7. The van der Waals surface area contributed by atoms with E-state index in [2.05, 4.69) is 5.32 Å². The molecule has 4 aromatic rings. The molecule has 1 spiro atoms. The molecule has 0 aliphatic carbocycles. The van der Waals surface area contributed by atoms with Gasteiger partial charge in [0.15, 0.2) is 40.8 Å². The van der Waals surface area contributed by atoms with Crippen LogP contribution in [-0.4, -0.2) is 90.3 Å². The van der Waals surface area contributed by atoms with Crippen LogP contribution in [0.15, 0.2) is 60.7 Å². The van der Waals surface area contributed by atoms with Gasteiger partial charge in [0.2, 0.25) is 0 Å². The Morgan fingerprint density at radius 3 is 1.68 bits per heavy atom. The molecule has 4 aromatic carbocycles. The number of carbonyl (C=O) groups is 8. The third-order valence-corrected chi connectivity index (χ3v) is 9.53. The van der Waals surface area contributed by atoms with E-state index in [9.17, 15) is 48.6 Å². The van der Waals surface area contributed by atoms with Gasteiger partial charge in [-0.15, -0.1) is 0 Å². The first kappa shape index (κ1) is 44.5. The molecule has 63 heavy (non-hydrogen) atoms. The van der Waals surface area contributed by atoms with Gasteiger partial charge < -0.3 is 53.6 Å². The molecule has 0 aromatic heterocycles. The molecular formula is C42H34F2N2O17. The van der Waals surface area contributed by atoms with Gasteiger partial charge in [-0.1, -0.05) is 0 Å². The van der Waals surface area contributed by atoms with Gasteiger partial charge >= 0.3 is 41.8 Å². The second kappa shape index (κ2) is 17.5. The number of aliphatic carboxylic acids is 2. The number of anilines is 2. The molecule has 2 unspecified atom stereocenters. The zero-order valence-electron chi connectivity index (χ0n) is 33.6. The maximum Gasteiger partial charge on any atom is 0.340 e. The van der Waals surface area contributed by atoms with Gasteiger partial charge in [-0.05, 0) is 42.5 Å². The van der Waals surface area contributed by atoms with Crippen LogP contribution in [0, 0.1) is 11.6 Å². The van der Waals surface area contributed by atoms with E-state index in [1.807, 2.05) is 0 Å². The molecule has 19 nitrogen and oxygen atoms in total. The highest BCUT2D eigenvalue weighted by Gasteiger charge is 2.55. The smallest absolute Gasteiger partial charge is 0.340 e. The largest absolute Gasteiger partial charge is 0.495 e. The summed E-state index contributed by atoms with van der Waals surface area (Å²) in [4.78, 5) is 100. The normalized spacial score (nSPS) is 13.7. The molecule has 0 saturated carbocycles. The summed E-state index contributed by atoms with van der Waals surface area (Å²) < 4.78 is 68.5. The van der Waals surface area contributed by atoms with E-state index >= 15 is 8.78 Å². The van der Waals surface area contributed by atoms with E-state index in [0.29, 0.717) is 0 Å². The number of rotatable bonds is 14. The maximum atomic E-state index is 15.6. The average molecular weight is 877 g/mol. The van der Waals surface area contributed by atoms with Crippen LogP contribution < -0.4 is 29.2 Å². The fraction of sp³-hybridized carbons (Fsp3) is 0.238. The maximum absolute atomic E-state index is 15.6. The Kier molecular flexibility index (Phi) is 12.3. The van der Waals surface area contributed by atoms with E-state index < -0.39 is 102 Å². The number of nitrogens with one attached hydrogen (secondary N) is 1. The molecule has 2 aliphatic heterocycles. The Morgan fingerprint density at radius 1 is 0.698 bits per heavy atom. The number of fused-ring (bicyclic) bond motifs is 6. The number of carbonyl (C=O) groups excluding carboxylic acids is 6. The van der Waals surface area contributed by atoms with Crippen LogP contribution in [0.1, 0.15) is 65.1 Å². The minimum Gasteiger partial charge on any atom is -0.495 e. The van der Waals surface area contributed by atoms with Gasteiger partial charge in [0, 0.05) is 62.7 Å². The molecule has 2 heterocycles. The number of hydrogen-bond acceptors (Lipinski definition) is 16. The second-order valence-electron chi connectivity index (χ2n) is 13.7. The van der Waals surface area contributed by atoms with E-state index in [-0.39, 0.29) is 56.4 Å². The number of esters is 5. The zero-order chi connectivity index (χ0) is 46.1. The lowest BCUT2D eigenvalue weighted by Gasteiger charge is -2.37. The van der Waals surface area contributed by atoms with E-state index in [1.165, 1.54) is 36.4 Å². The number of halogens is 2. The quantitative estimate of drug-likeness (QED) is 0.0896. The van der Waals surface area contributed by atoms with Gasteiger partial charge in [0.05, 0.1) is 29.5 Å². The van der Waals surface area contributed by atoms with Crippen LogP contribution in [0.25, 0.3) is 0 Å². The molecule has 2 aliphatic rings. The fourth-order valence-electron chi connectivity index (χ4n) is 6.98. The summed E-state index contributed by atoms with van der Waals surface area (Å²) in [5.41, 5.74) is -3.22. The molecule has 0 radical (unpaired) electrons. The molecule has 0 fully saturated rings. The minimum absolute atomic E-state index is 0.0105. The third kappa shape index (κ3) is 8.74. The number of benzene rings is 4.